The summed E-state index contributed by atoms with van der Waals surface area (Å²) in [7, 11) is -3.16. The molecule has 84 valence electrons. The molecule has 0 amide bonds. The molecule has 0 heterocycles. The van der Waals surface area contributed by atoms with Crippen LogP contribution in [-0.2, 0) is 10.0 Å². The molecule has 1 saturated carbocycles. The molecule has 0 aromatic rings. The van der Waals surface area contributed by atoms with Crippen molar-refractivity contribution in [2.75, 3.05) is 0 Å². The molecule has 0 aliphatic heterocycles. The van der Waals surface area contributed by atoms with Crippen molar-refractivity contribution in [3.05, 3.63) is 0 Å². The van der Waals surface area contributed by atoms with Gasteiger partial charge in [0.15, 0.2) is 0 Å². The van der Waals surface area contributed by atoms with E-state index in [1.165, 1.54) is 0 Å². The van der Waals surface area contributed by atoms with E-state index in [2.05, 4.69) is 4.72 Å². The van der Waals surface area contributed by atoms with Crippen molar-refractivity contribution in [2.45, 2.75) is 51.4 Å². The number of hydrogen-bond acceptors (Lipinski definition) is 3. The Labute approximate surface area is 86.3 Å². The zero-order valence-corrected chi connectivity index (χ0v) is 10.1. The summed E-state index contributed by atoms with van der Waals surface area (Å²) in [5.74, 6) is 0. The second kappa shape index (κ2) is 3.47. The van der Waals surface area contributed by atoms with Crippen molar-refractivity contribution in [1.29, 1.82) is 0 Å². The van der Waals surface area contributed by atoms with Crippen LogP contribution in [0.15, 0.2) is 0 Å². The van der Waals surface area contributed by atoms with E-state index in [1.807, 2.05) is 13.8 Å². The molecule has 4 nitrogen and oxygen atoms in total. The Bertz CT molecular complexity index is 309. The van der Waals surface area contributed by atoms with Crippen LogP contribution >= 0.6 is 0 Å². The third-order valence-corrected chi connectivity index (χ3v) is 5.12. The molecule has 0 aromatic carbocycles. The van der Waals surface area contributed by atoms with Gasteiger partial charge in [0.05, 0.1) is 5.25 Å². The van der Waals surface area contributed by atoms with E-state index >= 15 is 0 Å². The normalized spacial score (nSPS) is 31.6. The van der Waals surface area contributed by atoms with E-state index in [0.717, 1.165) is 6.42 Å². The first-order valence-corrected chi connectivity index (χ1v) is 6.49. The second-order valence-corrected chi connectivity index (χ2v) is 7.20. The number of sulfonamides is 1. The Morgan fingerprint density at radius 1 is 1.43 bits per heavy atom. The van der Waals surface area contributed by atoms with Gasteiger partial charge in [-0.1, -0.05) is 13.8 Å². The molecule has 0 spiro atoms. The maximum Gasteiger partial charge on any atom is 0.214 e. The van der Waals surface area contributed by atoms with Gasteiger partial charge in [-0.3, -0.25) is 0 Å². The van der Waals surface area contributed by atoms with Gasteiger partial charge in [-0.2, -0.15) is 0 Å². The van der Waals surface area contributed by atoms with Crippen molar-refractivity contribution in [3.63, 3.8) is 0 Å². The van der Waals surface area contributed by atoms with Crippen molar-refractivity contribution in [1.82, 2.24) is 4.72 Å². The summed E-state index contributed by atoms with van der Waals surface area (Å²) >= 11 is 0. The second-order valence-electron chi connectivity index (χ2n) is 4.93. The van der Waals surface area contributed by atoms with Gasteiger partial charge in [-0.05, 0) is 25.7 Å². The summed E-state index contributed by atoms with van der Waals surface area (Å²) in [4.78, 5) is 0. The average Bonchev–Trinajstić information content (AvgIpc) is 2.03. The lowest BCUT2D eigenvalue weighted by molar-refractivity contribution is 0.0902. The van der Waals surface area contributed by atoms with Gasteiger partial charge in [0, 0.05) is 12.1 Å². The van der Waals surface area contributed by atoms with Gasteiger partial charge in [0.1, 0.15) is 0 Å². The lowest BCUT2D eigenvalue weighted by atomic mass is 9.64. The fourth-order valence-electron chi connectivity index (χ4n) is 1.49. The quantitative estimate of drug-likeness (QED) is 0.725. The SMILES string of the molecule is CC(C)S(=O)(=O)NC1CC(N)C1(C)C. The summed E-state index contributed by atoms with van der Waals surface area (Å²) in [5.41, 5.74) is 5.68. The van der Waals surface area contributed by atoms with Crippen LogP contribution in [0.4, 0.5) is 0 Å². The van der Waals surface area contributed by atoms with Crippen molar-refractivity contribution in [2.24, 2.45) is 11.1 Å². The van der Waals surface area contributed by atoms with E-state index < -0.39 is 10.0 Å². The lowest BCUT2D eigenvalue weighted by Crippen LogP contribution is -2.64. The Morgan fingerprint density at radius 2 is 1.93 bits per heavy atom. The van der Waals surface area contributed by atoms with E-state index in [0.29, 0.717) is 0 Å². The zero-order chi connectivity index (χ0) is 11.1. The smallest absolute Gasteiger partial charge is 0.214 e. The van der Waals surface area contributed by atoms with Gasteiger partial charge in [-0.15, -0.1) is 0 Å². The summed E-state index contributed by atoms with van der Waals surface area (Å²) in [5, 5.41) is -0.380. The maximum atomic E-state index is 11.6. The number of rotatable bonds is 3. The highest BCUT2D eigenvalue weighted by Gasteiger charge is 2.47. The Kier molecular flexibility index (Phi) is 2.96. The highest BCUT2D eigenvalue weighted by Crippen LogP contribution is 2.39. The lowest BCUT2D eigenvalue weighted by Gasteiger charge is -2.50. The summed E-state index contributed by atoms with van der Waals surface area (Å²) in [6.07, 6.45) is 0.735. The molecular weight excluding hydrogens is 200 g/mol. The van der Waals surface area contributed by atoms with Crippen LogP contribution in [0.3, 0.4) is 0 Å². The van der Waals surface area contributed by atoms with Gasteiger partial charge >= 0.3 is 0 Å². The molecule has 14 heavy (non-hydrogen) atoms. The molecule has 5 heteroatoms. The number of nitrogens with two attached hydrogens (primary N) is 1. The van der Waals surface area contributed by atoms with Crippen LogP contribution in [-0.4, -0.2) is 25.8 Å². The Morgan fingerprint density at radius 3 is 2.21 bits per heavy atom. The van der Waals surface area contributed by atoms with Crippen LogP contribution in [0.25, 0.3) is 0 Å². The topological polar surface area (TPSA) is 72.2 Å². The third kappa shape index (κ3) is 1.94. The van der Waals surface area contributed by atoms with E-state index in [1.54, 1.807) is 13.8 Å². The molecule has 1 fully saturated rings. The molecule has 2 atom stereocenters. The van der Waals surface area contributed by atoms with Crippen LogP contribution in [0.5, 0.6) is 0 Å². The molecule has 1 aliphatic rings. The van der Waals surface area contributed by atoms with Crippen molar-refractivity contribution in [3.8, 4) is 0 Å². The molecule has 1 rings (SSSR count). The van der Waals surface area contributed by atoms with Crippen molar-refractivity contribution < 1.29 is 8.42 Å². The van der Waals surface area contributed by atoms with E-state index in [9.17, 15) is 8.42 Å². The third-order valence-electron chi connectivity index (χ3n) is 3.27. The minimum absolute atomic E-state index is 0.00935. The van der Waals surface area contributed by atoms with Crippen molar-refractivity contribution >= 4 is 10.0 Å². The number of nitrogens with one attached hydrogen (secondary N) is 1. The first-order valence-electron chi connectivity index (χ1n) is 4.94. The molecule has 3 N–H and O–H groups in total. The zero-order valence-electron chi connectivity index (χ0n) is 9.24. The highest BCUT2D eigenvalue weighted by molar-refractivity contribution is 7.90. The van der Waals surface area contributed by atoms with Gasteiger partial charge < -0.3 is 5.73 Å². The molecular formula is C9H20N2O2S. The summed E-state index contributed by atoms with van der Waals surface area (Å²) < 4.78 is 25.9. The van der Waals surface area contributed by atoms with Gasteiger partial charge in [-0.25, -0.2) is 13.1 Å². The van der Waals surface area contributed by atoms with E-state index in [-0.39, 0.29) is 22.7 Å². The Balaban J connectivity index is 2.65. The summed E-state index contributed by atoms with van der Waals surface area (Å²) in [6.45, 7) is 7.34. The molecule has 0 saturated heterocycles. The minimum Gasteiger partial charge on any atom is -0.327 e. The minimum atomic E-state index is -3.16. The predicted octanol–water partition coefficient (Wildman–Crippen LogP) is 0.440. The average molecular weight is 220 g/mol. The van der Waals surface area contributed by atoms with Crippen LogP contribution in [0.1, 0.15) is 34.1 Å². The monoisotopic (exact) mass is 220 g/mol. The fourth-order valence-corrected chi connectivity index (χ4v) is 2.56. The highest BCUT2D eigenvalue weighted by atomic mass is 32.2. The largest absolute Gasteiger partial charge is 0.327 e. The molecule has 1 aliphatic carbocycles. The summed E-state index contributed by atoms with van der Waals surface area (Å²) in [6, 6.07) is 0.0901. The first kappa shape index (κ1) is 11.9. The fraction of sp³-hybridized carbons (Fsp3) is 1.00. The molecule has 0 aromatic heterocycles. The van der Waals surface area contributed by atoms with Gasteiger partial charge in [0.2, 0.25) is 10.0 Å². The van der Waals surface area contributed by atoms with Crippen LogP contribution in [0, 0.1) is 5.41 Å². The number of hydrogen-bond donors (Lipinski definition) is 2. The van der Waals surface area contributed by atoms with E-state index in [4.69, 9.17) is 5.73 Å². The van der Waals surface area contributed by atoms with Crippen LogP contribution < -0.4 is 10.5 Å². The standard InChI is InChI=1S/C9H20N2O2S/c1-6(2)14(12,13)11-8-5-7(10)9(8,3)4/h6-8,11H,5,10H2,1-4H3. The Hall–Kier alpha value is -0.130. The van der Waals surface area contributed by atoms with Crippen LogP contribution in [0.2, 0.25) is 0 Å². The molecule has 0 bridgehead atoms. The first-order chi connectivity index (χ1) is 6.18. The van der Waals surface area contributed by atoms with Gasteiger partial charge in [0.25, 0.3) is 0 Å². The molecule has 2 unspecified atom stereocenters. The maximum absolute atomic E-state index is 11.6. The predicted molar refractivity (Wildman–Crippen MR) is 57.4 cm³/mol. The molecule has 0 radical (unpaired) electrons.